The zero-order chi connectivity index (χ0) is 26.6. The maximum absolute atomic E-state index is 13.6. The summed E-state index contributed by atoms with van der Waals surface area (Å²) in [4.78, 5) is 24.1. The summed E-state index contributed by atoms with van der Waals surface area (Å²) in [5, 5.41) is 4.01. The van der Waals surface area contributed by atoms with Gasteiger partial charge in [0.2, 0.25) is 5.91 Å². The summed E-state index contributed by atoms with van der Waals surface area (Å²) < 4.78 is 77.7. The molecule has 2 N–H and O–H groups in total. The number of hydrogen-bond acceptors (Lipinski definition) is 2. The van der Waals surface area contributed by atoms with Gasteiger partial charge in [-0.05, 0) is 64.3 Å². The van der Waals surface area contributed by atoms with Crippen LogP contribution < -0.4 is 10.6 Å². The zero-order valence-corrected chi connectivity index (χ0v) is 20.8. The van der Waals surface area contributed by atoms with Crippen LogP contribution in [0.25, 0.3) is 6.08 Å². The molecule has 0 aliphatic carbocycles. The molecule has 2 atom stereocenters. The first kappa shape index (κ1) is 29.0. The molecule has 2 amide bonds. The highest BCUT2D eigenvalue weighted by Crippen LogP contribution is 2.38. The Balaban J connectivity index is 2.16. The minimum absolute atomic E-state index is 0.0200. The van der Waals surface area contributed by atoms with Crippen LogP contribution in [0.4, 0.5) is 26.3 Å². The van der Waals surface area contributed by atoms with Crippen molar-refractivity contribution in [1.82, 2.24) is 10.6 Å². The Morgan fingerprint density at radius 1 is 1.03 bits per heavy atom. The average Bonchev–Trinajstić information content (AvgIpc) is 2.69. The van der Waals surface area contributed by atoms with E-state index in [0.717, 1.165) is 18.2 Å². The molecule has 0 aromatic heterocycles. The smallest absolute Gasteiger partial charge is 0.345 e. The average molecular weight is 606 g/mol. The molecule has 35 heavy (non-hydrogen) atoms. The maximum atomic E-state index is 13.6. The second-order valence-corrected chi connectivity index (χ2v) is 9.08. The van der Waals surface area contributed by atoms with E-state index in [9.17, 15) is 35.9 Å². The molecule has 0 saturated heterocycles. The number of rotatable bonds is 7. The van der Waals surface area contributed by atoms with Gasteiger partial charge in [-0.1, -0.05) is 41.4 Å². The first-order chi connectivity index (χ1) is 16.1. The monoisotopic (exact) mass is 604 g/mol. The largest absolute Gasteiger partial charge is 0.405 e. The molecule has 13 heteroatoms. The number of benzene rings is 2. The van der Waals surface area contributed by atoms with Crippen molar-refractivity contribution >= 4 is 57.0 Å². The van der Waals surface area contributed by atoms with Crippen molar-refractivity contribution in [2.24, 2.45) is 0 Å². The Labute approximate surface area is 214 Å². The van der Waals surface area contributed by atoms with E-state index in [-0.39, 0.29) is 25.6 Å². The standard InChI is InChI=1S/C22H17BrCl2F6N2O2/c1-11(19(34)32-10-21(26,27)28)33-20(35)16-4-2-12(6-18(16)23)3-5-17(22(29,30)31)13-7-14(24)9-15(25)8-13/h2-9,11,17H,10H2,1H3,(H,32,34)(H,33,35)/b5-3+/t11-,17?/m1/s1. The Morgan fingerprint density at radius 3 is 2.14 bits per heavy atom. The molecule has 0 radical (unpaired) electrons. The van der Waals surface area contributed by atoms with Crippen LogP contribution >= 0.6 is 39.1 Å². The third-order valence-electron chi connectivity index (χ3n) is 4.52. The van der Waals surface area contributed by atoms with E-state index in [0.29, 0.717) is 5.56 Å². The molecule has 0 aliphatic rings. The fourth-order valence-corrected chi connectivity index (χ4v) is 3.99. The minimum Gasteiger partial charge on any atom is -0.345 e. The van der Waals surface area contributed by atoms with Crippen molar-refractivity contribution < 1.29 is 35.9 Å². The summed E-state index contributed by atoms with van der Waals surface area (Å²) in [5.41, 5.74) is 0.178. The molecule has 190 valence electrons. The lowest BCUT2D eigenvalue weighted by Gasteiger charge is -2.18. The second kappa shape index (κ2) is 11.7. The number of amides is 2. The molecule has 0 spiro atoms. The van der Waals surface area contributed by atoms with Gasteiger partial charge in [-0.25, -0.2) is 0 Å². The molecule has 0 fully saturated rings. The first-order valence-corrected chi connectivity index (χ1v) is 11.3. The Hall–Kier alpha value is -2.24. The number of hydrogen-bond donors (Lipinski definition) is 2. The molecule has 4 nitrogen and oxygen atoms in total. The predicted molar refractivity (Wildman–Crippen MR) is 124 cm³/mol. The van der Waals surface area contributed by atoms with Crippen molar-refractivity contribution in [1.29, 1.82) is 0 Å². The van der Waals surface area contributed by atoms with Gasteiger partial charge in [0.15, 0.2) is 0 Å². The van der Waals surface area contributed by atoms with E-state index in [2.05, 4.69) is 21.2 Å². The Kier molecular flexibility index (Phi) is 9.66. The van der Waals surface area contributed by atoms with Gasteiger partial charge in [-0.2, -0.15) is 26.3 Å². The van der Waals surface area contributed by atoms with Gasteiger partial charge in [0.05, 0.1) is 11.5 Å². The molecular weight excluding hydrogens is 589 g/mol. The van der Waals surface area contributed by atoms with Crippen molar-refractivity contribution in [3.63, 3.8) is 0 Å². The van der Waals surface area contributed by atoms with Gasteiger partial charge >= 0.3 is 12.4 Å². The van der Waals surface area contributed by atoms with Crippen molar-refractivity contribution in [2.75, 3.05) is 6.54 Å². The highest BCUT2D eigenvalue weighted by Gasteiger charge is 2.39. The van der Waals surface area contributed by atoms with Crippen molar-refractivity contribution in [3.8, 4) is 0 Å². The summed E-state index contributed by atoms with van der Waals surface area (Å²) in [6, 6.07) is 6.38. The van der Waals surface area contributed by atoms with Gasteiger partial charge in [-0.3, -0.25) is 9.59 Å². The summed E-state index contributed by atoms with van der Waals surface area (Å²) in [6.07, 6.45) is -7.12. The van der Waals surface area contributed by atoms with Gasteiger partial charge in [0.1, 0.15) is 12.6 Å². The lowest BCUT2D eigenvalue weighted by atomic mass is 9.97. The summed E-state index contributed by atoms with van der Waals surface area (Å²) in [5.74, 6) is -3.81. The van der Waals surface area contributed by atoms with Crippen LogP contribution in [0, 0.1) is 0 Å². The van der Waals surface area contributed by atoms with E-state index in [1.54, 1.807) is 5.32 Å². The van der Waals surface area contributed by atoms with Gasteiger partial charge in [0, 0.05) is 14.5 Å². The molecule has 0 heterocycles. The van der Waals surface area contributed by atoms with E-state index in [1.165, 1.54) is 37.3 Å². The Bertz CT molecular complexity index is 1100. The van der Waals surface area contributed by atoms with Crippen LogP contribution in [-0.2, 0) is 4.79 Å². The third kappa shape index (κ3) is 9.05. The molecule has 2 aromatic rings. The van der Waals surface area contributed by atoms with Crippen LogP contribution in [-0.4, -0.2) is 36.8 Å². The van der Waals surface area contributed by atoms with Gasteiger partial charge in [0.25, 0.3) is 5.91 Å². The summed E-state index contributed by atoms with van der Waals surface area (Å²) in [6.45, 7) is -0.342. The SMILES string of the molecule is C[C@@H](NC(=O)c1ccc(/C=C/C(c2cc(Cl)cc(Cl)c2)C(F)(F)F)cc1Br)C(=O)NCC(F)(F)F. The molecule has 0 bridgehead atoms. The molecule has 2 rings (SSSR count). The number of allylic oxidation sites excluding steroid dienone is 1. The number of halogens is 9. The lowest BCUT2D eigenvalue weighted by Crippen LogP contribution is -2.47. The quantitative estimate of drug-likeness (QED) is 0.337. The van der Waals surface area contributed by atoms with E-state index < -0.39 is 42.7 Å². The highest BCUT2D eigenvalue weighted by molar-refractivity contribution is 9.10. The molecule has 2 aromatic carbocycles. The predicted octanol–water partition coefficient (Wildman–Crippen LogP) is 6.91. The van der Waals surface area contributed by atoms with Crippen LogP contribution in [0.1, 0.15) is 34.3 Å². The summed E-state index contributed by atoms with van der Waals surface area (Å²) in [7, 11) is 0. The summed E-state index contributed by atoms with van der Waals surface area (Å²) >= 11 is 14.8. The topological polar surface area (TPSA) is 58.2 Å². The fraction of sp³-hybridized carbons (Fsp3) is 0.273. The maximum Gasteiger partial charge on any atom is 0.405 e. The van der Waals surface area contributed by atoms with Crippen LogP contribution in [0.15, 0.2) is 46.9 Å². The highest BCUT2D eigenvalue weighted by atomic mass is 79.9. The molecule has 0 saturated carbocycles. The Morgan fingerprint density at radius 2 is 1.63 bits per heavy atom. The molecular formula is C22H17BrCl2F6N2O2. The van der Waals surface area contributed by atoms with Crippen LogP contribution in [0.5, 0.6) is 0 Å². The number of alkyl halides is 6. The number of carbonyl (C=O) groups is 2. The number of carbonyl (C=O) groups excluding carboxylic acids is 2. The zero-order valence-electron chi connectivity index (χ0n) is 17.7. The normalized spacial score (nSPS) is 14.0. The minimum atomic E-state index is -4.63. The lowest BCUT2D eigenvalue weighted by molar-refractivity contribution is -0.139. The third-order valence-corrected chi connectivity index (χ3v) is 5.61. The second-order valence-electron chi connectivity index (χ2n) is 7.35. The van der Waals surface area contributed by atoms with Crippen LogP contribution in [0.2, 0.25) is 10.0 Å². The molecule has 0 aliphatic heterocycles. The fourth-order valence-electron chi connectivity index (χ4n) is 2.87. The van der Waals surface area contributed by atoms with Crippen LogP contribution in [0.3, 0.4) is 0 Å². The first-order valence-electron chi connectivity index (χ1n) is 9.72. The van der Waals surface area contributed by atoms with E-state index in [4.69, 9.17) is 23.2 Å². The van der Waals surface area contributed by atoms with Gasteiger partial charge in [-0.15, -0.1) is 0 Å². The van der Waals surface area contributed by atoms with E-state index >= 15 is 0 Å². The van der Waals surface area contributed by atoms with E-state index in [1.807, 2.05) is 0 Å². The van der Waals surface area contributed by atoms with Gasteiger partial charge < -0.3 is 10.6 Å². The van der Waals surface area contributed by atoms with Crippen molar-refractivity contribution in [3.05, 3.63) is 73.7 Å². The number of nitrogens with one attached hydrogen (secondary N) is 2. The van der Waals surface area contributed by atoms with Crippen molar-refractivity contribution in [2.45, 2.75) is 31.2 Å². The molecule has 1 unspecified atom stereocenters.